The lowest BCUT2D eigenvalue weighted by Crippen LogP contribution is -1.94. The SMILES string of the molecule is CCOP(=O)(OCC)Sc1ccccc1[N+](=O)[O-]. The summed E-state index contributed by atoms with van der Waals surface area (Å²) in [7, 11) is 0. The molecule has 0 fully saturated rings. The van der Waals surface area contributed by atoms with Crippen LogP contribution in [0.2, 0.25) is 0 Å². The first-order chi connectivity index (χ1) is 8.52. The fourth-order valence-electron chi connectivity index (χ4n) is 1.21. The number of hydrogen-bond acceptors (Lipinski definition) is 6. The van der Waals surface area contributed by atoms with Crippen molar-refractivity contribution in [1.29, 1.82) is 0 Å². The van der Waals surface area contributed by atoms with Crippen LogP contribution in [0.1, 0.15) is 13.8 Å². The number of nitro benzene ring substituents is 1. The van der Waals surface area contributed by atoms with Crippen LogP contribution in [0.3, 0.4) is 0 Å². The van der Waals surface area contributed by atoms with E-state index >= 15 is 0 Å². The zero-order valence-electron chi connectivity index (χ0n) is 10.1. The van der Waals surface area contributed by atoms with E-state index in [4.69, 9.17) is 9.05 Å². The van der Waals surface area contributed by atoms with Crippen molar-refractivity contribution < 1.29 is 18.5 Å². The molecule has 0 aliphatic rings. The van der Waals surface area contributed by atoms with Gasteiger partial charge in [0.25, 0.3) is 5.69 Å². The molecule has 0 saturated carbocycles. The van der Waals surface area contributed by atoms with Gasteiger partial charge in [-0.15, -0.1) is 0 Å². The third-order valence-electron chi connectivity index (χ3n) is 1.85. The highest BCUT2D eigenvalue weighted by molar-refractivity contribution is 8.55. The first-order valence-electron chi connectivity index (χ1n) is 5.34. The van der Waals surface area contributed by atoms with Crippen molar-refractivity contribution >= 4 is 23.9 Å². The Labute approximate surface area is 109 Å². The van der Waals surface area contributed by atoms with E-state index in [0.29, 0.717) is 0 Å². The first-order valence-corrected chi connectivity index (χ1v) is 8.31. The smallest absolute Gasteiger partial charge is 0.301 e. The number of rotatable bonds is 7. The minimum atomic E-state index is -3.40. The molecule has 0 heterocycles. The third-order valence-corrected chi connectivity index (χ3v) is 5.65. The number of hydrogen-bond donors (Lipinski definition) is 0. The Bertz CT molecular complexity index is 457. The zero-order chi connectivity index (χ0) is 13.6. The van der Waals surface area contributed by atoms with Crippen molar-refractivity contribution in [2.75, 3.05) is 13.2 Å². The summed E-state index contributed by atoms with van der Waals surface area (Å²) in [6, 6.07) is 6.06. The van der Waals surface area contributed by atoms with E-state index in [1.54, 1.807) is 26.0 Å². The molecule has 0 unspecified atom stereocenters. The Morgan fingerprint density at radius 2 is 1.83 bits per heavy atom. The van der Waals surface area contributed by atoms with Gasteiger partial charge in [0.05, 0.1) is 23.0 Å². The fourth-order valence-corrected chi connectivity index (χ4v) is 4.78. The molecular weight excluding hydrogens is 277 g/mol. The Morgan fingerprint density at radius 1 is 1.28 bits per heavy atom. The van der Waals surface area contributed by atoms with Crippen molar-refractivity contribution in [2.45, 2.75) is 18.7 Å². The maximum absolute atomic E-state index is 12.3. The second-order valence-corrected chi connectivity index (χ2v) is 7.02. The minimum Gasteiger partial charge on any atom is -0.301 e. The molecule has 0 bridgehead atoms. The van der Waals surface area contributed by atoms with Crippen molar-refractivity contribution in [3.8, 4) is 0 Å². The van der Waals surface area contributed by atoms with E-state index < -0.39 is 11.7 Å². The Hall–Kier alpha value is -0.880. The summed E-state index contributed by atoms with van der Waals surface area (Å²) in [5.41, 5.74) is -0.109. The Morgan fingerprint density at radius 3 is 2.33 bits per heavy atom. The predicted octanol–water partition coefficient (Wildman–Crippen LogP) is 3.87. The van der Waals surface area contributed by atoms with E-state index in [9.17, 15) is 14.7 Å². The van der Waals surface area contributed by atoms with Gasteiger partial charge in [-0.05, 0) is 19.9 Å². The molecule has 1 rings (SSSR count). The molecule has 6 nitrogen and oxygen atoms in total. The Kier molecular flexibility index (Phi) is 5.81. The molecule has 0 aliphatic carbocycles. The highest BCUT2D eigenvalue weighted by Gasteiger charge is 2.29. The molecule has 0 atom stereocenters. The molecular formula is C10H14NO5PS. The molecule has 0 aliphatic heterocycles. The molecule has 1 aromatic carbocycles. The van der Waals surface area contributed by atoms with Gasteiger partial charge in [0, 0.05) is 17.4 Å². The topological polar surface area (TPSA) is 78.7 Å². The van der Waals surface area contributed by atoms with Gasteiger partial charge in [-0.1, -0.05) is 12.1 Å². The molecule has 100 valence electrons. The summed E-state index contributed by atoms with van der Waals surface area (Å²) < 4.78 is 22.4. The van der Waals surface area contributed by atoms with Crippen LogP contribution < -0.4 is 0 Å². The van der Waals surface area contributed by atoms with Crippen LogP contribution in [0, 0.1) is 10.1 Å². The van der Waals surface area contributed by atoms with E-state index in [1.165, 1.54) is 12.1 Å². The monoisotopic (exact) mass is 291 g/mol. The van der Waals surface area contributed by atoms with E-state index in [0.717, 1.165) is 11.4 Å². The van der Waals surface area contributed by atoms with Gasteiger partial charge in [-0.3, -0.25) is 10.1 Å². The van der Waals surface area contributed by atoms with Crippen molar-refractivity contribution in [2.24, 2.45) is 0 Å². The number of nitrogens with zero attached hydrogens (tertiary/aromatic N) is 1. The molecule has 8 heteroatoms. The van der Waals surface area contributed by atoms with Gasteiger partial charge in [0.1, 0.15) is 0 Å². The molecule has 0 amide bonds. The highest BCUT2D eigenvalue weighted by Crippen LogP contribution is 2.64. The molecule has 1 aromatic rings. The summed E-state index contributed by atoms with van der Waals surface area (Å²) >= 11 is 0.765. The molecule has 0 saturated heterocycles. The minimum absolute atomic E-state index is 0.109. The van der Waals surface area contributed by atoms with Gasteiger partial charge >= 0.3 is 6.80 Å². The van der Waals surface area contributed by atoms with Crippen LogP contribution in [0.15, 0.2) is 29.2 Å². The highest BCUT2D eigenvalue weighted by atomic mass is 32.7. The lowest BCUT2D eigenvalue weighted by molar-refractivity contribution is -0.387. The summed E-state index contributed by atoms with van der Waals surface area (Å²) in [5, 5.41) is 10.8. The van der Waals surface area contributed by atoms with Gasteiger partial charge in [0.2, 0.25) is 0 Å². The van der Waals surface area contributed by atoms with Crippen molar-refractivity contribution in [3.05, 3.63) is 34.4 Å². The van der Waals surface area contributed by atoms with Gasteiger partial charge in [0.15, 0.2) is 0 Å². The van der Waals surface area contributed by atoms with Gasteiger partial charge in [-0.25, -0.2) is 4.57 Å². The fraction of sp³-hybridized carbons (Fsp3) is 0.400. The summed E-state index contributed by atoms with van der Waals surface area (Å²) in [6.45, 7) is 0.403. The summed E-state index contributed by atoms with van der Waals surface area (Å²) in [4.78, 5) is 10.6. The second kappa shape index (κ2) is 6.89. The van der Waals surface area contributed by atoms with Crippen LogP contribution in [0.5, 0.6) is 0 Å². The molecule has 0 radical (unpaired) electrons. The lowest BCUT2D eigenvalue weighted by Gasteiger charge is -2.15. The van der Waals surface area contributed by atoms with E-state index in [-0.39, 0.29) is 23.8 Å². The molecule has 0 spiro atoms. The van der Waals surface area contributed by atoms with Gasteiger partial charge in [-0.2, -0.15) is 0 Å². The number of nitro groups is 1. The zero-order valence-corrected chi connectivity index (χ0v) is 11.8. The second-order valence-electron chi connectivity index (χ2n) is 3.10. The van der Waals surface area contributed by atoms with Crippen LogP contribution in [0.4, 0.5) is 5.69 Å². The summed E-state index contributed by atoms with van der Waals surface area (Å²) in [5.74, 6) is 0. The first kappa shape index (κ1) is 15.2. The van der Waals surface area contributed by atoms with Gasteiger partial charge < -0.3 is 9.05 Å². The van der Waals surface area contributed by atoms with E-state index in [2.05, 4.69) is 0 Å². The van der Waals surface area contributed by atoms with Crippen LogP contribution in [-0.2, 0) is 13.6 Å². The predicted molar refractivity (Wildman–Crippen MR) is 69.8 cm³/mol. The van der Waals surface area contributed by atoms with Crippen molar-refractivity contribution in [3.63, 3.8) is 0 Å². The van der Waals surface area contributed by atoms with E-state index in [1.807, 2.05) is 0 Å². The average Bonchev–Trinajstić information content (AvgIpc) is 2.29. The van der Waals surface area contributed by atoms with Crippen molar-refractivity contribution in [1.82, 2.24) is 0 Å². The largest absolute Gasteiger partial charge is 0.394 e. The quantitative estimate of drug-likeness (QED) is 0.431. The molecule has 0 aromatic heterocycles. The molecule has 18 heavy (non-hydrogen) atoms. The number of para-hydroxylation sites is 1. The molecule has 0 N–H and O–H groups in total. The van der Waals surface area contributed by atoms with Crippen LogP contribution in [-0.4, -0.2) is 18.1 Å². The normalized spacial score (nSPS) is 11.4. The lowest BCUT2D eigenvalue weighted by atomic mass is 10.3. The summed E-state index contributed by atoms with van der Waals surface area (Å²) in [6.07, 6.45) is 0. The standard InChI is InChI=1S/C10H14NO5PS/c1-3-15-17(14,16-4-2)18-10-8-6-5-7-9(10)11(12)13/h5-8H,3-4H2,1-2H3. The van der Waals surface area contributed by atoms with Crippen LogP contribution in [0.25, 0.3) is 0 Å². The third kappa shape index (κ3) is 4.10. The number of benzene rings is 1. The maximum Gasteiger partial charge on any atom is 0.394 e. The maximum atomic E-state index is 12.3. The average molecular weight is 291 g/mol. The Balaban J connectivity index is 3.01. The van der Waals surface area contributed by atoms with Crippen LogP contribution >= 0.6 is 18.2 Å².